The van der Waals surface area contributed by atoms with Crippen LogP contribution < -0.4 is 0 Å². The number of sulfonamides is 1. The fourth-order valence-electron chi connectivity index (χ4n) is 5.39. The van der Waals surface area contributed by atoms with E-state index in [2.05, 4.69) is 0 Å². The van der Waals surface area contributed by atoms with Crippen LogP contribution in [0.2, 0.25) is 0 Å². The molecule has 4 aliphatic rings. The lowest BCUT2D eigenvalue weighted by molar-refractivity contribution is -0.147. The van der Waals surface area contributed by atoms with E-state index in [-0.39, 0.29) is 68.2 Å². The first-order valence-electron chi connectivity index (χ1n) is 10.5. The lowest BCUT2D eigenvalue weighted by Crippen LogP contribution is -2.53. The number of carbonyl (C=O) groups excluding carboxylic acids is 3. The van der Waals surface area contributed by atoms with E-state index in [9.17, 15) is 31.6 Å². The molecule has 2 bridgehead atoms. The Hall–Kier alpha value is -2.66. The Bertz CT molecular complexity index is 1100. The zero-order valence-electron chi connectivity index (χ0n) is 17.0. The maximum absolute atomic E-state index is 14.0. The zero-order chi connectivity index (χ0) is 22.8. The van der Waals surface area contributed by atoms with Crippen molar-refractivity contribution in [1.29, 1.82) is 0 Å². The van der Waals surface area contributed by atoms with E-state index in [4.69, 9.17) is 0 Å². The maximum atomic E-state index is 14.0. The molecular formula is C21H21F2N3O5S. The van der Waals surface area contributed by atoms with Gasteiger partial charge in [0, 0.05) is 26.2 Å². The molecule has 2 saturated heterocycles. The summed E-state index contributed by atoms with van der Waals surface area (Å²) < 4.78 is 54.3. The van der Waals surface area contributed by atoms with Gasteiger partial charge in [0.15, 0.2) is 4.90 Å². The van der Waals surface area contributed by atoms with Crippen molar-refractivity contribution in [3.63, 3.8) is 0 Å². The highest BCUT2D eigenvalue weighted by molar-refractivity contribution is 7.89. The monoisotopic (exact) mass is 465 g/mol. The summed E-state index contributed by atoms with van der Waals surface area (Å²) in [5, 5.41) is 0. The van der Waals surface area contributed by atoms with Gasteiger partial charge in [0.1, 0.15) is 18.2 Å². The number of hydrogen-bond acceptors (Lipinski definition) is 5. The predicted octanol–water partition coefficient (Wildman–Crippen LogP) is 0.605. The van der Waals surface area contributed by atoms with E-state index in [1.807, 2.05) is 12.2 Å². The van der Waals surface area contributed by atoms with Crippen molar-refractivity contribution in [2.45, 2.75) is 11.3 Å². The fourth-order valence-corrected chi connectivity index (χ4v) is 6.92. The Morgan fingerprint density at radius 2 is 1.47 bits per heavy atom. The average molecular weight is 465 g/mol. The quantitative estimate of drug-likeness (QED) is 0.480. The number of nitrogens with zero attached hydrogens (tertiary/aromatic N) is 3. The van der Waals surface area contributed by atoms with Crippen LogP contribution in [0.5, 0.6) is 0 Å². The Morgan fingerprint density at radius 3 is 2.00 bits per heavy atom. The molecule has 0 N–H and O–H groups in total. The third kappa shape index (κ3) is 3.09. The van der Waals surface area contributed by atoms with Gasteiger partial charge in [0.05, 0.1) is 11.8 Å². The number of amides is 3. The van der Waals surface area contributed by atoms with E-state index in [0.717, 1.165) is 33.8 Å². The summed E-state index contributed by atoms with van der Waals surface area (Å²) >= 11 is 0. The number of fused-ring (bicyclic) bond motifs is 5. The molecule has 0 spiro atoms. The summed E-state index contributed by atoms with van der Waals surface area (Å²) in [5.74, 6) is -4.12. The second kappa shape index (κ2) is 7.45. The van der Waals surface area contributed by atoms with Gasteiger partial charge in [-0.2, -0.15) is 4.31 Å². The molecule has 3 fully saturated rings. The second-order valence-corrected chi connectivity index (χ2v) is 10.5. The van der Waals surface area contributed by atoms with Gasteiger partial charge < -0.3 is 4.90 Å². The molecule has 2 aliphatic heterocycles. The van der Waals surface area contributed by atoms with Crippen molar-refractivity contribution in [2.24, 2.45) is 23.7 Å². The number of piperazine rings is 1. The Kier molecular flexibility index (Phi) is 4.93. The van der Waals surface area contributed by atoms with Crippen molar-refractivity contribution in [3.05, 3.63) is 42.0 Å². The van der Waals surface area contributed by atoms with Gasteiger partial charge in [-0.3, -0.25) is 19.3 Å². The van der Waals surface area contributed by atoms with Crippen LogP contribution in [0.15, 0.2) is 35.2 Å². The van der Waals surface area contributed by atoms with Crippen LogP contribution in [0.4, 0.5) is 8.78 Å². The summed E-state index contributed by atoms with van der Waals surface area (Å²) in [6, 6.07) is 2.82. The molecule has 4 unspecified atom stereocenters. The van der Waals surface area contributed by atoms with E-state index in [0.29, 0.717) is 0 Å². The molecule has 170 valence electrons. The van der Waals surface area contributed by atoms with Crippen LogP contribution >= 0.6 is 0 Å². The van der Waals surface area contributed by atoms with Crippen molar-refractivity contribution in [2.75, 3.05) is 32.7 Å². The molecule has 2 aliphatic carbocycles. The highest BCUT2D eigenvalue weighted by Gasteiger charge is 2.59. The number of allylic oxidation sites excluding steroid dienone is 2. The van der Waals surface area contributed by atoms with E-state index in [1.165, 1.54) is 4.90 Å². The first kappa shape index (κ1) is 21.2. The number of carbonyl (C=O) groups is 3. The maximum Gasteiger partial charge on any atom is 0.249 e. The Morgan fingerprint density at radius 1 is 0.938 bits per heavy atom. The summed E-state index contributed by atoms with van der Waals surface area (Å²) in [5.41, 5.74) is 0. The van der Waals surface area contributed by atoms with Gasteiger partial charge in [-0.05, 0) is 30.4 Å². The molecule has 3 amide bonds. The largest absolute Gasteiger partial charge is 0.338 e. The first-order valence-corrected chi connectivity index (χ1v) is 11.9. The number of hydrogen-bond donors (Lipinski definition) is 0. The van der Waals surface area contributed by atoms with Crippen molar-refractivity contribution >= 4 is 27.7 Å². The minimum Gasteiger partial charge on any atom is -0.338 e. The number of benzene rings is 1. The highest BCUT2D eigenvalue weighted by Crippen LogP contribution is 2.52. The normalized spacial score (nSPS) is 29.8. The van der Waals surface area contributed by atoms with Crippen LogP contribution in [0.25, 0.3) is 0 Å². The van der Waals surface area contributed by atoms with Gasteiger partial charge in [-0.25, -0.2) is 17.2 Å². The Balaban J connectivity index is 1.23. The molecule has 1 aromatic rings. The minimum atomic E-state index is -4.41. The zero-order valence-corrected chi connectivity index (χ0v) is 17.8. The van der Waals surface area contributed by atoms with Gasteiger partial charge in [-0.15, -0.1) is 0 Å². The van der Waals surface area contributed by atoms with E-state index >= 15 is 0 Å². The second-order valence-electron chi connectivity index (χ2n) is 8.60. The van der Waals surface area contributed by atoms with Crippen LogP contribution in [-0.2, 0) is 24.4 Å². The summed E-state index contributed by atoms with van der Waals surface area (Å²) in [4.78, 5) is 39.6. The van der Waals surface area contributed by atoms with Gasteiger partial charge in [-0.1, -0.05) is 18.2 Å². The van der Waals surface area contributed by atoms with Crippen LogP contribution in [0, 0.1) is 35.3 Å². The fraction of sp³-hybridized carbons (Fsp3) is 0.476. The highest BCUT2D eigenvalue weighted by atomic mass is 32.2. The number of imide groups is 1. The molecule has 5 rings (SSSR count). The average Bonchev–Trinajstić information content (AvgIpc) is 3.43. The standard InChI is InChI=1S/C21H21F2N3O5S/c22-14-2-1-3-15(23)19(14)32(30,31)25-8-6-24(7-9-25)16(27)11-26-20(28)17-12-4-5-13(10-12)18(17)21(26)29/h1-5,12-13,17-18H,6-11H2. The van der Waals surface area contributed by atoms with E-state index < -0.39 is 32.5 Å². The third-order valence-corrected chi connectivity index (χ3v) is 8.91. The topological polar surface area (TPSA) is 95.1 Å². The summed E-state index contributed by atoms with van der Waals surface area (Å²) in [6.07, 6.45) is 4.74. The SMILES string of the molecule is O=C(CN1C(=O)C2C3C=CC(C3)C2C1=O)N1CCN(S(=O)(=O)c2c(F)cccc2F)CC1. The molecule has 0 radical (unpaired) electrons. The van der Waals surface area contributed by atoms with Gasteiger partial charge in [0.2, 0.25) is 27.7 Å². The molecule has 8 nitrogen and oxygen atoms in total. The van der Waals surface area contributed by atoms with Gasteiger partial charge >= 0.3 is 0 Å². The first-order chi connectivity index (χ1) is 15.2. The molecule has 1 saturated carbocycles. The molecule has 0 aromatic heterocycles. The minimum absolute atomic E-state index is 0.00990. The van der Waals surface area contributed by atoms with Crippen LogP contribution in [0.1, 0.15) is 6.42 Å². The third-order valence-electron chi connectivity index (χ3n) is 6.96. The van der Waals surface area contributed by atoms with Crippen LogP contribution in [0.3, 0.4) is 0 Å². The molecular weight excluding hydrogens is 444 g/mol. The van der Waals surface area contributed by atoms with Crippen molar-refractivity contribution in [3.8, 4) is 0 Å². The van der Waals surface area contributed by atoms with E-state index in [1.54, 1.807) is 0 Å². The Labute approximate surface area is 183 Å². The summed E-state index contributed by atoms with van der Waals surface area (Å²) in [7, 11) is -4.41. The molecule has 4 atom stereocenters. The number of rotatable bonds is 4. The van der Waals surface area contributed by atoms with Crippen molar-refractivity contribution < 1.29 is 31.6 Å². The number of likely N-dealkylation sites (tertiary alicyclic amines) is 1. The molecule has 11 heteroatoms. The number of halogens is 2. The van der Waals surface area contributed by atoms with Gasteiger partial charge in [0.25, 0.3) is 0 Å². The predicted molar refractivity (Wildman–Crippen MR) is 106 cm³/mol. The molecule has 2 heterocycles. The smallest absolute Gasteiger partial charge is 0.249 e. The van der Waals surface area contributed by atoms with Crippen LogP contribution in [-0.4, -0.2) is 73.0 Å². The molecule has 1 aromatic carbocycles. The van der Waals surface area contributed by atoms with Crippen molar-refractivity contribution in [1.82, 2.24) is 14.1 Å². The summed E-state index contributed by atoms with van der Waals surface area (Å²) in [6.45, 7) is -0.695. The lowest BCUT2D eigenvalue weighted by Gasteiger charge is -2.34. The molecule has 32 heavy (non-hydrogen) atoms. The lowest BCUT2D eigenvalue weighted by atomic mass is 9.85.